The summed E-state index contributed by atoms with van der Waals surface area (Å²) in [5, 5.41) is 2.49. The van der Waals surface area contributed by atoms with E-state index in [-0.39, 0.29) is 18.4 Å². The lowest BCUT2D eigenvalue weighted by molar-refractivity contribution is -0.160. The predicted molar refractivity (Wildman–Crippen MR) is 86.5 cm³/mol. The van der Waals surface area contributed by atoms with Gasteiger partial charge >= 0.3 is 5.97 Å². The molecule has 0 bridgehead atoms. The first kappa shape index (κ1) is 17.9. The number of rotatable bonds is 5. The number of hydrogen-bond donors (Lipinski definition) is 1. The van der Waals surface area contributed by atoms with Crippen LogP contribution in [-0.4, -0.2) is 61.6 Å². The standard InChI is InChI=1S/C17H22N2O5/c1-12-4-3-5-14(10-12)16(21)18-11-15(20)24-13(2)17(22)19-6-8-23-9-7-19/h3-5,10,13H,6-9,11H2,1-2H3,(H,18,21). The van der Waals surface area contributed by atoms with E-state index in [0.717, 1.165) is 5.56 Å². The highest BCUT2D eigenvalue weighted by molar-refractivity contribution is 5.96. The van der Waals surface area contributed by atoms with Gasteiger partial charge in [-0.1, -0.05) is 17.7 Å². The number of ether oxygens (including phenoxy) is 2. The summed E-state index contributed by atoms with van der Waals surface area (Å²) < 4.78 is 10.3. The van der Waals surface area contributed by atoms with E-state index in [0.29, 0.717) is 31.9 Å². The van der Waals surface area contributed by atoms with Crippen molar-refractivity contribution < 1.29 is 23.9 Å². The summed E-state index contributed by atoms with van der Waals surface area (Å²) in [4.78, 5) is 37.5. The first-order valence-electron chi connectivity index (χ1n) is 7.88. The molecular weight excluding hydrogens is 312 g/mol. The van der Waals surface area contributed by atoms with Gasteiger partial charge in [-0.05, 0) is 26.0 Å². The third-order valence-corrected chi connectivity index (χ3v) is 3.65. The number of morpholine rings is 1. The van der Waals surface area contributed by atoms with E-state index < -0.39 is 12.1 Å². The Hall–Kier alpha value is -2.41. The predicted octanol–water partition coefficient (Wildman–Crippen LogP) is 0.515. The summed E-state index contributed by atoms with van der Waals surface area (Å²) in [7, 11) is 0. The van der Waals surface area contributed by atoms with Crippen LogP contribution in [-0.2, 0) is 19.1 Å². The Morgan fingerprint density at radius 1 is 1.29 bits per heavy atom. The Morgan fingerprint density at radius 3 is 2.67 bits per heavy atom. The second-order valence-electron chi connectivity index (χ2n) is 5.62. The maximum atomic E-state index is 12.1. The lowest BCUT2D eigenvalue weighted by Gasteiger charge is -2.28. The van der Waals surface area contributed by atoms with Gasteiger partial charge in [-0.3, -0.25) is 14.4 Å². The number of benzene rings is 1. The zero-order valence-electron chi connectivity index (χ0n) is 13.9. The zero-order chi connectivity index (χ0) is 17.5. The minimum Gasteiger partial charge on any atom is -0.451 e. The van der Waals surface area contributed by atoms with Crippen LogP contribution in [0.4, 0.5) is 0 Å². The molecule has 1 saturated heterocycles. The third kappa shape index (κ3) is 5.06. The maximum absolute atomic E-state index is 12.1. The molecule has 1 aromatic rings. The van der Waals surface area contributed by atoms with E-state index in [1.54, 1.807) is 23.1 Å². The van der Waals surface area contributed by atoms with Gasteiger partial charge in [0.05, 0.1) is 13.2 Å². The molecule has 1 heterocycles. The molecule has 1 aliphatic rings. The molecule has 2 rings (SSSR count). The molecule has 0 aromatic heterocycles. The minimum atomic E-state index is -0.883. The van der Waals surface area contributed by atoms with E-state index in [9.17, 15) is 14.4 Å². The van der Waals surface area contributed by atoms with E-state index >= 15 is 0 Å². The van der Waals surface area contributed by atoms with Gasteiger partial charge < -0.3 is 19.7 Å². The molecule has 1 unspecified atom stereocenters. The Labute approximate surface area is 140 Å². The fourth-order valence-corrected chi connectivity index (χ4v) is 2.37. The summed E-state index contributed by atoms with van der Waals surface area (Å²) in [5.74, 6) is -1.26. The van der Waals surface area contributed by atoms with Crippen molar-refractivity contribution in [3.8, 4) is 0 Å². The van der Waals surface area contributed by atoms with Gasteiger partial charge in [0.25, 0.3) is 11.8 Å². The molecule has 2 amide bonds. The lowest BCUT2D eigenvalue weighted by Crippen LogP contribution is -2.46. The van der Waals surface area contributed by atoms with Gasteiger partial charge in [-0.15, -0.1) is 0 Å². The highest BCUT2D eigenvalue weighted by Crippen LogP contribution is 2.05. The van der Waals surface area contributed by atoms with Crippen molar-refractivity contribution in [1.82, 2.24) is 10.2 Å². The molecule has 7 heteroatoms. The molecule has 0 spiro atoms. The zero-order valence-corrected chi connectivity index (χ0v) is 13.9. The number of nitrogens with zero attached hydrogens (tertiary/aromatic N) is 1. The SMILES string of the molecule is Cc1cccc(C(=O)NCC(=O)OC(C)C(=O)N2CCOCC2)c1. The van der Waals surface area contributed by atoms with Gasteiger partial charge in [0.15, 0.2) is 6.10 Å². The highest BCUT2D eigenvalue weighted by Gasteiger charge is 2.25. The average Bonchev–Trinajstić information content (AvgIpc) is 2.59. The number of hydrogen-bond acceptors (Lipinski definition) is 5. The van der Waals surface area contributed by atoms with Gasteiger partial charge in [-0.25, -0.2) is 0 Å². The van der Waals surface area contributed by atoms with E-state index in [1.165, 1.54) is 6.92 Å². The van der Waals surface area contributed by atoms with Gasteiger partial charge in [0, 0.05) is 18.7 Å². The lowest BCUT2D eigenvalue weighted by atomic mass is 10.1. The Kier molecular flexibility index (Phi) is 6.31. The number of amides is 2. The van der Waals surface area contributed by atoms with E-state index in [2.05, 4.69) is 5.32 Å². The number of carbonyl (C=O) groups excluding carboxylic acids is 3. The van der Waals surface area contributed by atoms with Crippen molar-refractivity contribution in [2.24, 2.45) is 0 Å². The first-order chi connectivity index (χ1) is 11.5. The molecule has 24 heavy (non-hydrogen) atoms. The largest absolute Gasteiger partial charge is 0.451 e. The molecular formula is C17H22N2O5. The van der Waals surface area contributed by atoms with Crippen LogP contribution in [0.5, 0.6) is 0 Å². The molecule has 1 fully saturated rings. The van der Waals surface area contributed by atoms with Crippen LogP contribution in [0.25, 0.3) is 0 Å². The van der Waals surface area contributed by atoms with Crippen molar-refractivity contribution >= 4 is 17.8 Å². The van der Waals surface area contributed by atoms with E-state index in [4.69, 9.17) is 9.47 Å². The molecule has 0 saturated carbocycles. The Morgan fingerprint density at radius 2 is 2.00 bits per heavy atom. The van der Waals surface area contributed by atoms with Gasteiger partial charge in [-0.2, -0.15) is 0 Å². The molecule has 0 radical (unpaired) electrons. The van der Waals surface area contributed by atoms with Crippen molar-refractivity contribution in [3.63, 3.8) is 0 Å². The van der Waals surface area contributed by atoms with Crippen LogP contribution in [0.15, 0.2) is 24.3 Å². The summed E-state index contributed by atoms with van der Waals surface area (Å²) in [5.41, 5.74) is 1.43. The quantitative estimate of drug-likeness (QED) is 0.794. The molecule has 1 N–H and O–H groups in total. The Bertz CT molecular complexity index is 611. The Balaban J connectivity index is 1.78. The molecule has 1 aromatic carbocycles. The maximum Gasteiger partial charge on any atom is 0.326 e. The molecule has 1 atom stereocenters. The second kappa shape index (κ2) is 8.44. The molecule has 1 aliphatic heterocycles. The van der Waals surface area contributed by atoms with Gasteiger partial charge in [0.2, 0.25) is 0 Å². The van der Waals surface area contributed by atoms with Crippen molar-refractivity contribution in [3.05, 3.63) is 35.4 Å². The third-order valence-electron chi connectivity index (χ3n) is 3.65. The van der Waals surface area contributed by atoms with Crippen molar-refractivity contribution in [2.45, 2.75) is 20.0 Å². The molecule has 130 valence electrons. The smallest absolute Gasteiger partial charge is 0.326 e. The normalized spacial score (nSPS) is 15.5. The molecule has 7 nitrogen and oxygen atoms in total. The van der Waals surface area contributed by atoms with Crippen molar-refractivity contribution in [2.75, 3.05) is 32.8 Å². The van der Waals surface area contributed by atoms with E-state index in [1.807, 2.05) is 13.0 Å². The monoisotopic (exact) mass is 334 g/mol. The average molecular weight is 334 g/mol. The van der Waals surface area contributed by atoms with Crippen LogP contribution in [0.1, 0.15) is 22.8 Å². The number of carbonyl (C=O) groups is 3. The fourth-order valence-electron chi connectivity index (χ4n) is 2.37. The fraction of sp³-hybridized carbons (Fsp3) is 0.471. The van der Waals surface area contributed by atoms with Gasteiger partial charge in [0.1, 0.15) is 6.54 Å². The summed E-state index contributed by atoms with van der Waals surface area (Å²) in [6, 6.07) is 7.04. The van der Waals surface area contributed by atoms with Crippen LogP contribution in [0, 0.1) is 6.92 Å². The summed E-state index contributed by atoms with van der Waals surface area (Å²) >= 11 is 0. The summed E-state index contributed by atoms with van der Waals surface area (Å²) in [6.07, 6.45) is -0.883. The minimum absolute atomic E-state index is 0.253. The van der Waals surface area contributed by atoms with Crippen LogP contribution in [0.2, 0.25) is 0 Å². The van der Waals surface area contributed by atoms with Crippen LogP contribution in [0.3, 0.4) is 0 Å². The topological polar surface area (TPSA) is 84.9 Å². The van der Waals surface area contributed by atoms with Crippen LogP contribution < -0.4 is 5.32 Å². The van der Waals surface area contributed by atoms with Crippen molar-refractivity contribution in [1.29, 1.82) is 0 Å². The number of aryl methyl sites for hydroxylation is 1. The highest BCUT2D eigenvalue weighted by atomic mass is 16.5. The summed E-state index contributed by atoms with van der Waals surface area (Å²) in [6.45, 7) is 5.07. The number of esters is 1. The first-order valence-corrected chi connectivity index (χ1v) is 7.88. The number of nitrogens with one attached hydrogen (secondary N) is 1. The second-order valence-corrected chi connectivity index (χ2v) is 5.62. The van der Waals surface area contributed by atoms with Crippen LogP contribution >= 0.6 is 0 Å². The molecule has 0 aliphatic carbocycles.